The molecule has 2 atom stereocenters. The standard InChI is InChI=1S/C15H19BrN2O.ClH/c16-14-3-1-2-11(8-14)15(19)18-6-4-12-9-17-10-13(12)5-7-18;/h1-3,8,12-13,17H,4-7,9-10H2;1H/t12-,13+;. The van der Waals surface area contributed by atoms with Crippen molar-refractivity contribution in [1.29, 1.82) is 0 Å². The average molecular weight is 360 g/mol. The summed E-state index contributed by atoms with van der Waals surface area (Å²) < 4.78 is 0.967. The Bertz CT molecular complexity index is 469. The van der Waals surface area contributed by atoms with Gasteiger partial charge in [0.15, 0.2) is 0 Å². The van der Waals surface area contributed by atoms with E-state index in [1.165, 1.54) is 0 Å². The second-order valence-electron chi connectivity index (χ2n) is 5.56. The van der Waals surface area contributed by atoms with Gasteiger partial charge in [-0.25, -0.2) is 0 Å². The monoisotopic (exact) mass is 358 g/mol. The van der Waals surface area contributed by atoms with Gasteiger partial charge in [-0.3, -0.25) is 4.79 Å². The van der Waals surface area contributed by atoms with Gasteiger partial charge in [0.05, 0.1) is 0 Å². The highest BCUT2D eigenvalue weighted by atomic mass is 79.9. The van der Waals surface area contributed by atoms with Gasteiger partial charge >= 0.3 is 0 Å². The molecule has 1 N–H and O–H groups in total. The molecular weight excluding hydrogens is 340 g/mol. The summed E-state index contributed by atoms with van der Waals surface area (Å²) in [7, 11) is 0. The number of hydrogen-bond donors (Lipinski definition) is 1. The predicted molar refractivity (Wildman–Crippen MR) is 86.4 cm³/mol. The summed E-state index contributed by atoms with van der Waals surface area (Å²) in [5.74, 6) is 1.70. The van der Waals surface area contributed by atoms with E-state index in [1.54, 1.807) is 0 Å². The average Bonchev–Trinajstić information content (AvgIpc) is 2.77. The first-order valence-electron chi connectivity index (χ1n) is 6.99. The quantitative estimate of drug-likeness (QED) is 0.836. The van der Waals surface area contributed by atoms with E-state index >= 15 is 0 Å². The van der Waals surface area contributed by atoms with Gasteiger partial charge in [-0.1, -0.05) is 22.0 Å². The Labute approximate surface area is 134 Å². The van der Waals surface area contributed by atoms with Crippen LogP contribution in [0.15, 0.2) is 28.7 Å². The first-order chi connectivity index (χ1) is 9.24. The Hall–Kier alpha value is -0.580. The Kier molecular flexibility index (Phi) is 5.47. The molecule has 3 nitrogen and oxygen atoms in total. The smallest absolute Gasteiger partial charge is 0.253 e. The van der Waals surface area contributed by atoms with Crippen LogP contribution >= 0.6 is 28.3 Å². The zero-order chi connectivity index (χ0) is 13.2. The lowest BCUT2D eigenvalue weighted by Gasteiger charge is -2.21. The molecule has 20 heavy (non-hydrogen) atoms. The molecule has 0 aromatic heterocycles. The van der Waals surface area contributed by atoms with E-state index in [4.69, 9.17) is 0 Å². The van der Waals surface area contributed by atoms with Crippen molar-refractivity contribution in [2.45, 2.75) is 12.8 Å². The Balaban J connectivity index is 0.00000147. The number of fused-ring (bicyclic) bond motifs is 1. The van der Waals surface area contributed by atoms with Crippen LogP contribution in [-0.2, 0) is 0 Å². The maximum absolute atomic E-state index is 12.5. The molecule has 2 aliphatic rings. The molecule has 0 unspecified atom stereocenters. The summed E-state index contributed by atoms with van der Waals surface area (Å²) in [6.45, 7) is 4.05. The van der Waals surface area contributed by atoms with Crippen LogP contribution in [0.5, 0.6) is 0 Å². The Morgan fingerprint density at radius 1 is 1.20 bits per heavy atom. The second kappa shape index (κ2) is 6.92. The van der Waals surface area contributed by atoms with Crippen molar-refractivity contribution < 1.29 is 4.79 Å². The highest BCUT2D eigenvalue weighted by Crippen LogP contribution is 2.27. The molecule has 5 heteroatoms. The fourth-order valence-corrected chi connectivity index (χ4v) is 3.62. The lowest BCUT2D eigenvalue weighted by Crippen LogP contribution is -2.32. The largest absolute Gasteiger partial charge is 0.339 e. The van der Waals surface area contributed by atoms with Gasteiger partial charge in [-0.15, -0.1) is 12.4 Å². The molecular formula is C15H20BrClN2O. The molecule has 1 aromatic carbocycles. The number of carbonyl (C=O) groups excluding carboxylic acids is 1. The van der Waals surface area contributed by atoms with E-state index in [0.29, 0.717) is 0 Å². The van der Waals surface area contributed by atoms with Crippen LogP contribution in [0, 0.1) is 11.8 Å². The van der Waals surface area contributed by atoms with Crippen molar-refractivity contribution in [2.75, 3.05) is 26.2 Å². The van der Waals surface area contributed by atoms with Crippen molar-refractivity contribution in [3.05, 3.63) is 34.3 Å². The van der Waals surface area contributed by atoms with Gasteiger partial charge in [-0.2, -0.15) is 0 Å². The topological polar surface area (TPSA) is 32.3 Å². The molecule has 110 valence electrons. The lowest BCUT2D eigenvalue weighted by molar-refractivity contribution is 0.0758. The van der Waals surface area contributed by atoms with Gasteiger partial charge in [0.1, 0.15) is 0 Å². The van der Waals surface area contributed by atoms with E-state index in [0.717, 1.165) is 60.9 Å². The molecule has 3 rings (SSSR count). The summed E-state index contributed by atoms with van der Waals surface area (Å²) in [6, 6.07) is 7.69. The van der Waals surface area contributed by atoms with Crippen LogP contribution in [0.1, 0.15) is 23.2 Å². The number of nitrogens with one attached hydrogen (secondary N) is 1. The summed E-state index contributed by atoms with van der Waals surface area (Å²) in [6.07, 6.45) is 2.27. The minimum atomic E-state index is 0. The fourth-order valence-electron chi connectivity index (χ4n) is 3.23. The van der Waals surface area contributed by atoms with E-state index in [1.807, 2.05) is 29.2 Å². The van der Waals surface area contributed by atoms with Gasteiger partial charge in [0, 0.05) is 23.1 Å². The highest BCUT2D eigenvalue weighted by Gasteiger charge is 2.31. The van der Waals surface area contributed by atoms with Crippen molar-refractivity contribution in [3.8, 4) is 0 Å². The predicted octanol–water partition coefficient (Wildman–Crippen LogP) is 2.94. The van der Waals surface area contributed by atoms with E-state index in [9.17, 15) is 4.79 Å². The van der Waals surface area contributed by atoms with E-state index < -0.39 is 0 Å². The molecule has 0 bridgehead atoms. The summed E-state index contributed by atoms with van der Waals surface area (Å²) in [5.41, 5.74) is 0.791. The minimum absolute atomic E-state index is 0. The lowest BCUT2D eigenvalue weighted by atomic mass is 9.92. The van der Waals surface area contributed by atoms with Crippen molar-refractivity contribution in [1.82, 2.24) is 10.2 Å². The fraction of sp³-hybridized carbons (Fsp3) is 0.533. The number of benzene rings is 1. The third-order valence-corrected chi connectivity index (χ3v) is 4.87. The number of likely N-dealkylation sites (tertiary alicyclic amines) is 1. The molecule has 2 aliphatic heterocycles. The third kappa shape index (κ3) is 3.35. The minimum Gasteiger partial charge on any atom is -0.339 e. The van der Waals surface area contributed by atoms with Crippen LogP contribution in [0.4, 0.5) is 0 Å². The van der Waals surface area contributed by atoms with Crippen molar-refractivity contribution in [2.24, 2.45) is 11.8 Å². The summed E-state index contributed by atoms with van der Waals surface area (Å²) in [4.78, 5) is 14.5. The molecule has 0 saturated carbocycles. The normalized spacial score (nSPS) is 25.6. The van der Waals surface area contributed by atoms with Crippen LogP contribution in [-0.4, -0.2) is 37.0 Å². The first kappa shape index (κ1) is 15.8. The van der Waals surface area contributed by atoms with Crippen LogP contribution < -0.4 is 5.32 Å². The van der Waals surface area contributed by atoms with Crippen molar-refractivity contribution in [3.63, 3.8) is 0 Å². The number of hydrogen-bond acceptors (Lipinski definition) is 2. The number of amides is 1. The van der Waals surface area contributed by atoms with Gasteiger partial charge in [0.2, 0.25) is 0 Å². The second-order valence-corrected chi connectivity index (χ2v) is 6.47. The first-order valence-corrected chi connectivity index (χ1v) is 7.79. The Morgan fingerprint density at radius 2 is 1.85 bits per heavy atom. The van der Waals surface area contributed by atoms with E-state index in [-0.39, 0.29) is 18.3 Å². The zero-order valence-electron chi connectivity index (χ0n) is 11.3. The summed E-state index contributed by atoms with van der Waals surface area (Å²) >= 11 is 3.43. The highest BCUT2D eigenvalue weighted by molar-refractivity contribution is 9.10. The van der Waals surface area contributed by atoms with Gasteiger partial charge in [-0.05, 0) is 56.0 Å². The van der Waals surface area contributed by atoms with Crippen LogP contribution in [0.2, 0.25) is 0 Å². The maximum Gasteiger partial charge on any atom is 0.253 e. The zero-order valence-corrected chi connectivity index (χ0v) is 13.8. The van der Waals surface area contributed by atoms with Gasteiger partial charge < -0.3 is 10.2 Å². The van der Waals surface area contributed by atoms with Crippen LogP contribution in [0.25, 0.3) is 0 Å². The molecule has 1 aromatic rings. The molecule has 0 radical (unpaired) electrons. The molecule has 1 amide bonds. The van der Waals surface area contributed by atoms with Gasteiger partial charge in [0.25, 0.3) is 5.91 Å². The molecule has 2 saturated heterocycles. The maximum atomic E-state index is 12.5. The Morgan fingerprint density at radius 3 is 2.45 bits per heavy atom. The van der Waals surface area contributed by atoms with Crippen LogP contribution in [0.3, 0.4) is 0 Å². The third-order valence-electron chi connectivity index (χ3n) is 4.38. The van der Waals surface area contributed by atoms with E-state index in [2.05, 4.69) is 21.2 Å². The van der Waals surface area contributed by atoms with Crippen molar-refractivity contribution >= 4 is 34.2 Å². The molecule has 2 heterocycles. The summed E-state index contributed by atoms with van der Waals surface area (Å²) in [5, 5.41) is 3.47. The SMILES string of the molecule is Cl.O=C(c1cccc(Br)c1)N1CC[C@@H]2CNC[C@@H]2CC1. The molecule has 0 aliphatic carbocycles. The molecule has 0 spiro atoms. The number of nitrogens with zero attached hydrogens (tertiary/aromatic N) is 1. The number of carbonyl (C=O) groups is 1. The number of rotatable bonds is 1. The number of halogens is 2. The molecule has 2 fully saturated rings.